The molecule has 1 N–H and O–H groups in total. The predicted molar refractivity (Wildman–Crippen MR) is 94.5 cm³/mol. The SMILES string of the molecule is O=C(Cn1ccc2ccc(Br)cc21)NCc1nnc2ccccn12. The number of hydrogen-bond donors (Lipinski definition) is 1. The van der Waals surface area contributed by atoms with E-state index in [1.165, 1.54) is 0 Å². The van der Waals surface area contributed by atoms with Crippen LogP contribution in [0.2, 0.25) is 0 Å². The van der Waals surface area contributed by atoms with Crippen LogP contribution in [-0.4, -0.2) is 25.1 Å². The summed E-state index contributed by atoms with van der Waals surface area (Å²) < 4.78 is 4.78. The number of nitrogens with one attached hydrogen (secondary N) is 1. The molecule has 24 heavy (non-hydrogen) atoms. The second-order valence-corrected chi connectivity index (χ2v) is 6.38. The third-order valence-electron chi connectivity index (χ3n) is 3.88. The zero-order chi connectivity index (χ0) is 16.5. The lowest BCUT2D eigenvalue weighted by Crippen LogP contribution is -2.27. The lowest BCUT2D eigenvalue weighted by molar-refractivity contribution is -0.121. The molecule has 0 atom stereocenters. The van der Waals surface area contributed by atoms with E-state index in [4.69, 9.17) is 0 Å². The molecule has 0 aliphatic heterocycles. The highest BCUT2D eigenvalue weighted by Gasteiger charge is 2.09. The molecule has 0 spiro atoms. The van der Waals surface area contributed by atoms with Gasteiger partial charge in [-0.3, -0.25) is 9.20 Å². The summed E-state index contributed by atoms with van der Waals surface area (Å²) >= 11 is 3.47. The quantitative estimate of drug-likeness (QED) is 0.589. The van der Waals surface area contributed by atoms with Crippen molar-refractivity contribution in [3.05, 3.63) is 65.2 Å². The summed E-state index contributed by atoms with van der Waals surface area (Å²) in [5.74, 6) is 0.638. The van der Waals surface area contributed by atoms with Crippen LogP contribution in [0.5, 0.6) is 0 Å². The Morgan fingerprint density at radius 2 is 2.04 bits per heavy atom. The van der Waals surface area contributed by atoms with Crippen molar-refractivity contribution in [3.63, 3.8) is 0 Å². The average molecular weight is 384 g/mol. The van der Waals surface area contributed by atoms with E-state index in [1.807, 2.05) is 63.8 Å². The standard InChI is InChI=1S/C17H14BrN5O/c18-13-5-4-12-6-8-22(14(12)9-13)11-17(24)19-10-16-21-20-15-3-1-2-7-23(15)16/h1-9H,10-11H2,(H,19,24). The largest absolute Gasteiger partial charge is 0.347 e. The number of hydrogen-bond acceptors (Lipinski definition) is 3. The Morgan fingerprint density at radius 1 is 1.12 bits per heavy atom. The van der Waals surface area contributed by atoms with Gasteiger partial charge in [0.05, 0.1) is 6.54 Å². The van der Waals surface area contributed by atoms with Crippen LogP contribution in [0.1, 0.15) is 5.82 Å². The Kier molecular flexibility index (Phi) is 3.78. The fraction of sp³-hybridized carbons (Fsp3) is 0.118. The molecule has 0 unspecified atom stereocenters. The minimum absolute atomic E-state index is 0.0693. The lowest BCUT2D eigenvalue weighted by Gasteiger charge is -2.07. The van der Waals surface area contributed by atoms with Crippen molar-refractivity contribution in [2.75, 3.05) is 0 Å². The number of nitrogens with zero attached hydrogens (tertiary/aromatic N) is 4. The van der Waals surface area contributed by atoms with Gasteiger partial charge in [-0.1, -0.05) is 28.1 Å². The molecule has 4 aromatic rings. The molecule has 1 amide bonds. The number of rotatable bonds is 4. The number of amides is 1. The number of pyridine rings is 1. The number of aromatic nitrogens is 4. The van der Waals surface area contributed by atoms with E-state index in [0.29, 0.717) is 12.4 Å². The van der Waals surface area contributed by atoms with Crippen LogP contribution in [-0.2, 0) is 17.9 Å². The van der Waals surface area contributed by atoms with Gasteiger partial charge in [0.25, 0.3) is 0 Å². The zero-order valence-electron chi connectivity index (χ0n) is 12.7. The topological polar surface area (TPSA) is 64.2 Å². The molecular weight excluding hydrogens is 370 g/mol. The summed E-state index contributed by atoms with van der Waals surface area (Å²) in [6.45, 7) is 0.601. The van der Waals surface area contributed by atoms with Crippen molar-refractivity contribution in [2.24, 2.45) is 0 Å². The van der Waals surface area contributed by atoms with Crippen molar-refractivity contribution in [2.45, 2.75) is 13.1 Å². The van der Waals surface area contributed by atoms with Crippen molar-refractivity contribution < 1.29 is 4.79 Å². The predicted octanol–water partition coefficient (Wildman–Crippen LogP) is 2.76. The molecule has 6 nitrogen and oxygen atoms in total. The van der Waals surface area contributed by atoms with Gasteiger partial charge in [0, 0.05) is 22.4 Å². The van der Waals surface area contributed by atoms with Gasteiger partial charge in [-0.05, 0) is 35.7 Å². The van der Waals surface area contributed by atoms with E-state index >= 15 is 0 Å². The van der Waals surface area contributed by atoms with Crippen LogP contribution >= 0.6 is 15.9 Å². The maximum absolute atomic E-state index is 12.3. The normalized spacial score (nSPS) is 11.2. The first kappa shape index (κ1) is 14.9. The van der Waals surface area contributed by atoms with E-state index in [-0.39, 0.29) is 12.5 Å². The molecule has 3 heterocycles. The lowest BCUT2D eigenvalue weighted by atomic mass is 10.2. The van der Waals surface area contributed by atoms with Crippen molar-refractivity contribution in [1.82, 2.24) is 24.5 Å². The number of carbonyl (C=O) groups excluding carboxylic acids is 1. The molecule has 0 aliphatic rings. The molecule has 0 saturated carbocycles. The highest BCUT2D eigenvalue weighted by Crippen LogP contribution is 2.20. The molecule has 0 bridgehead atoms. The van der Waals surface area contributed by atoms with Gasteiger partial charge < -0.3 is 9.88 Å². The molecule has 0 fully saturated rings. The highest BCUT2D eigenvalue weighted by atomic mass is 79.9. The maximum Gasteiger partial charge on any atom is 0.240 e. The number of benzene rings is 1. The zero-order valence-corrected chi connectivity index (χ0v) is 14.3. The molecule has 4 rings (SSSR count). The van der Waals surface area contributed by atoms with Crippen molar-refractivity contribution >= 4 is 38.4 Å². The molecule has 0 radical (unpaired) electrons. The molecule has 7 heteroatoms. The van der Waals surface area contributed by atoms with Gasteiger partial charge in [-0.15, -0.1) is 10.2 Å². The van der Waals surface area contributed by atoms with Gasteiger partial charge in [0.15, 0.2) is 11.5 Å². The highest BCUT2D eigenvalue weighted by molar-refractivity contribution is 9.10. The Morgan fingerprint density at radius 3 is 2.96 bits per heavy atom. The summed E-state index contributed by atoms with van der Waals surface area (Å²) in [5.41, 5.74) is 1.79. The number of halogens is 1. The molecule has 120 valence electrons. The summed E-state index contributed by atoms with van der Waals surface area (Å²) in [4.78, 5) is 12.3. The van der Waals surface area contributed by atoms with E-state index in [0.717, 1.165) is 21.0 Å². The number of carbonyl (C=O) groups is 1. The fourth-order valence-electron chi connectivity index (χ4n) is 2.69. The van der Waals surface area contributed by atoms with Crippen LogP contribution < -0.4 is 5.32 Å². The molecular formula is C17H14BrN5O. The minimum atomic E-state index is -0.0693. The van der Waals surface area contributed by atoms with Crippen LogP contribution in [0.25, 0.3) is 16.6 Å². The van der Waals surface area contributed by atoms with E-state index in [1.54, 1.807) is 0 Å². The van der Waals surface area contributed by atoms with Crippen LogP contribution in [0.4, 0.5) is 0 Å². The van der Waals surface area contributed by atoms with E-state index < -0.39 is 0 Å². The minimum Gasteiger partial charge on any atom is -0.347 e. The van der Waals surface area contributed by atoms with Gasteiger partial charge in [0.2, 0.25) is 5.91 Å². The summed E-state index contributed by atoms with van der Waals surface area (Å²) in [7, 11) is 0. The number of fused-ring (bicyclic) bond motifs is 2. The Bertz CT molecular complexity index is 1040. The Balaban J connectivity index is 1.47. The first-order chi connectivity index (χ1) is 11.7. The second kappa shape index (κ2) is 6.09. The van der Waals surface area contributed by atoms with Gasteiger partial charge in [-0.25, -0.2) is 0 Å². The molecule has 0 saturated heterocycles. The van der Waals surface area contributed by atoms with Crippen molar-refractivity contribution in [3.8, 4) is 0 Å². The van der Waals surface area contributed by atoms with E-state index in [9.17, 15) is 4.79 Å². The smallest absolute Gasteiger partial charge is 0.240 e. The molecule has 1 aromatic carbocycles. The van der Waals surface area contributed by atoms with Crippen LogP contribution in [0, 0.1) is 0 Å². The van der Waals surface area contributed by atoms with Crippen molar-refractivity contribution in [1.29, 1.82) is 0 Å². The summed E-state index contributed by atoms with van der Waals surface area (Å²) in [6, 6.07) is 13.7. The van der Waals surface area contributed by atoms with Crippen LogP contribution in [0.3, 0.4) is 0 Å². The van der Waals surface area contributed by atoms with Crippen LogP contribution in [0.15, 0.2) is 59.3 Å². The summed E-state index contributed by atoms with van der Waals surface area (Å²) in [5, 5.41) is 12.2. The second-order valence-electron chi connectivity index (χ2n) is 5.47. The van der Waals surface area contributed by atoms with Gasteiger partial charge in [-0.2, -0.15) is 0 Å². The summed E-state index contributed by atoms with van der Waals surface area (Å²) in [6.07, 6.45) is 3.80. The van der Waals surface area contributed by atoms with Gasteiger partial charge in [0.1, 0.15) is 6.54 Å². The Hall–Kier alpha value is -2.67. The first-order valence-corrected chi connectivity index (χ1v) is 8.30. The maximum atomic E-state index is 12.3. The third-order valence-corrected chi connectivity index (χ3v) is 4.37. The third kappa shape index (κ3) is 2.78. The average Bonchev–Trinajstić information content (AvgIpc) is 3.17. The van der Waals surface area contributed by atoms with E-state index in [2.05, 4.69) is 31.4 Å². The van der Waals surface area contributed by atoms with Gasteiger partial charge >= 0.3 is 0 Å². The molecule has 0 aliphatic carbocycles. The molecule has 3 aromatic heterocycles. The Labute approximate surface area is 146 Å². The fourth-order valence-corrected chi connectivity index (χ4v) is 3.04. The first-order valence-electron chi connectivity index (χ1n) is 7.50. The monoisotopic (exact) mass is 383 g/mol.